The zero-order valence-corrected chi connectivity index (χ0v) is 14.1. The Hall–Kier alpha value is -2.57. The molecule has 1 saturated carbocycles. The first kappa shape index (κ1) is 17.8. The summed E-state index contributed by atoms with van der Waals surface area (Å²) in [5.74, 6) is -0.360. The standard InChI is InChI=1S/C17H24N4O3/c1-11-9-12(16(23)20-13-5-3-4-6-13)7-8-14(11)21-17(24)19-10-15(22)18-2/h7-9,13H,3-6,10H2,1-2H3,(H,18,22)(H,20,23)(H2,19,21,24). The minimum Gasteiger partial charge on any atom is -0.358 e. The van der Waals surface area contributed by atoms with Crippen LogP contribution in [0.25, 0.3) is 0 Å². The number of nitrogens with one attached hydrogen (secondary N) is 4. The number of rotatable bonds is 5. The van der Waals surface area contributed by atoms with Gasteiger partial charge in [-0.3, -0.25) is 9.59 Å². The van der Waals surface area contributed by atoms with E-state index < -0.39 is 6.03 Å². The van der Waals surface area contributed by atoms with Crippen LogP contribution in [-0.2, 0) is 4.79 Å². The third-order valence-corrected chi connectivity index (χ3v) is 4.12. The lowest BCUT2D eigenvalue weighted by Gasteiger charge is -2.14. The van der Waals surface area contributed by atoms with Crippen LogP contribution in [0, 0.1) is 6.92 Å². The van der Waals surface area contributed by atoms with Crippen LogP contribution in [0.2, 0.25) is 0 Å². The van der Waals surface area contributed by atoms with E-state index in [9.17, 15) is 14.4 Å². The highest BCUT2D eigenvalue weighted by molar-refractivity contribution is 5.97. The average molecular weight is 332 g/mol. The Labute approximate surface area is 141 Å². The maximum absolute atomic E-state index is 12.2. The second kappa shape index (κ2) is 8.33. The van der Waals surface area contributed by atoms with E-state index in [-0.39, 0.29) is 24.4 Å². The summed E-state index contributed by atoms with van der Waals surface area (Å²) in [6.07, 6.45) is 4.40. The summed E-state index contributed by atoms with van der Waals surface area (Å²) in [6, 6.07) is 4.93. The highest BCUT2D eigenvalue weighted by Gasteiger charge is 2.18. The number of likely N-dealkylation sites (N-methyl/N-ethyl adjacent to an activating group) is 1. The maximum atomic E-state index is 12.2. The van der Waals surface area contributed by atoms with Crippen LogP contribution in [0.3, 0.4) is 0 Å². The molecule has 0 atom stereocenters. The fraction of sp³-hybridized carbons (Fsp3) is 0.471. The topological polar surface area (TPSA) is 99.3 Å². The molecule has 4 amide bonds. The van der Waals surface area contributed by atoms with Gasteiger partial charge in [0.2, 0.25) is 5.91 Å². The van der Waals surface area contributed by atoms with E-state index >= 15 is 0 Å². The summed E-state index contributed by atoms with van der Waals surface area (Å²) >= 11 is 0. The molecule has 0 spiro atoms. The van der Waals surface area contributed by atoms with Crippen LogP contribution in [0.5, 0.6) is 0 Å². The molecule has 0 bridgehead atoms. The monoisotopic (exact) mass is 332 g/mol. The van der Waals surface area contributed by atoms with E-state index in [1.165, 1.54) is 7.05 Å². The molecule has 1 aromatic rings. The van der Waals surface area contributed by atoms with Crippen LogP contribution < -0.4 is 21.3 Å². The Morgan fingerprint density at radius 1 is 1.17 bits per heavy atom. The van der Waals surface area contributed by atoms with Gasteiger partial charge in [-0.1, -0.05) is 12.8 Å². The molecule has 1 aromatic carbocycles. The molecule has 4 N–H and O–H groups in total. The van der Waals surface area contributed by atoms with Crippen molar-refractivity contribution in [2.24, 2.45) is 0 Å². The predicted octanol–water partition coefficient (Wildman–Crippen LogP) is 1.53. The van der Waals surface area contributed by atoms with Crippen molar-refractivity contribution < 1.29 is 14.4 Å². The van der Waals surface area contributed by atoms with Gasteiger partial charge in [0.15, 0.2) is 0 Å². The smallest absolute Gasteiger partial charge is 0.319 e. The van der Waals surface area contributed by atoms with Crippen molar-refractivity contribution in [1.29, 1.82) is 0 Å². The normalized spacial score (nSPS) is 14.1. The van der Waals surface area contributed by atoms with Crippen molar-refractivity contribution in [3.8, 4) is 0 Å². The first-order chi connectivity index (χ1) is 11.5. The number of hydrogen-bond donors (Lipinski definition) is 4. The summed E-state index contributed by atoms with van der Waals surface area (Å²) in [6.45, 7) is 1.73. The summed E-state index contributed by atoms with van der Waals surface area (Å²) in [4.78, 5) is 35.1. The predicted molar refractivity (Wildman–Crippen MR) is 92.0 cm³/mol. The zero-order chi connectivity index (χ0) is 17.5. The van der Waals surface area contributed by atoms with Crippen LogP contribution in [0.1, 0.15) is 41.6 Å². The molecule has 7 nitrogen and oxygen atoms in total. The van der Waals surface area contributed by atoms with E-state index in [4.69, 9.17) is 0 Å². The molecule has 7 heteroatoms. The first-order valence-electron chi connectivity index (χ1n) is 8.16. The highest BCUT2D eigenvalue weighted by atomic mass is 16.2. The molecular weight excluding hydrogens is 308 g/mol. The fourth-order valence-corrected chi connectivity index (χ4v) is 2.70. The molecular formula is C17H24N4O3. The van der Waals surface area contributed by atoms with Gasteiger partial charge in [0.25, 0.3) is 5.91 Å². The Bertz CT molecular complexity index is 624. The summed E-state index contributed by atoms with van der Waals surface area (Å²) in [5, 5.41) is 10.6. The molecule has 1 fully saturated rings. The Kier molecular flexibility index (Phi) is 6.17. The molecule has 0 aromatic heterocycles. The lowest BCUT2D eigenvalue weighted by Crippen LogP contribution is -2.37. The van der Waals surface area contributed by atoms with Gasteiger partial charge in [0.05, 0.1) is 6.54 Å². The van der Waals surface area contributed by atoms with E-state index in [1.54, 1.807) is 18.2 Å². The van der Waals surface area contributed by atoms with Crippen LogP contribution in [-0.4, -0.2) is 37.5 Å². The molecule has 0 radical (unpaired) electrons. The number of anilines is 1. The van der Waals surface area contributed by atoms with Crippen molar-refractivity contribution in [3.63, 3.8) is 0 Å². The third kappa shape index (κ3) is 4.97. The van der Waals surface area contributed by atoms with Crippen molar-refractivity contribution in [1.82, 2.24) is 16.0 Å². The van der Waals surface area contributed by atoms with Gasteiger partial charge in [-0.05, 0) is 43.5 Å². The minimum absolute atomic E-state index is 0.0828. The largest absolute Gasteiger partial charge is 0.358 e. The Morgan fingerprint density at radius 3 is 2.50 bits per heavy atom. The molecule has 1 aliphatic rings. The summed E-state index contributed by atoms with van der Waals surface area (Å²) in [5.41, 5.74) is 1.96. The molecule has 0 aliphatic heterocycles. The average Bonchev–Trinajstić information content (AvgIpc) is 3.07. The van der Waals surface area contributed by atoms with Crippen molar-refractivity contribution in [3.05, 3.63) is 29.3 Å². The van der Waals surface area contributed by atoms with Gasteiger partial charge < -0.3 is 21.3 Å². The summed E-state index contributed by atoms with van der Waals surface area (Å²) in [7, 11) is 1.50. The Balaban J connectivity index is 1.92. The van der Waals surface area contributed by atoms with E-state index in [2.05, 4.69) is 21.3 Å². The number of carbonyl (C=O) groups is 3. The number of aryl methyl sites for hydroxylation is 1. The van der Waals surface area contributed by atoms with Gasteiger partial charge >= 0.3 is 6.03 Å². The van der Waals surface area contributed by atoms with Crippen molar-refractivity contribution >= 4 is 23.5 Å². The van der Waals surface area contributed by atoms with Crippen LogP contribution in [0.4, 0.5) is 10.5 Å². The van der Waals surface area contributed by atoms with Crippen LogP contribution >= 0.6 is 0 Å². The second-order valence-electron chi connectivity index (χ2n) is 5.97. The number of urea groups is 1. The van der Waals surface area contributed by atoms with Gasteiger partial charge in [0.1, 0.15) is 0 Å². The molecule has 0 saturated heterocycles. The van der Waals surface area contributed by atoms with E-state index in [1.807, 2.05) is 6.92 Å². The maximum Gasteiger partial charge on any atom is 0.319 e. The minimum atomic E-state index is -0.468. The third-order valence-electron chi connectivity index (χ3n) is 4.12. The van der Waals surface area contributed by atoms with Crippen molar-refractivity contribution in [2.45, 2.75) is 38.6 Å². The van der Waals surface area contributed by atoms with Gasteiger partial charge in [-0.2, -0.15) is 0 Å². The number of benzene rings is 1. The second-order valence-corrected chi connectivity index (χ2v) is 5.97. The SMILES string of the molecule is CNC(=O)CNC(=O)Nc1ccc(C(=O)NC2CCCC2)cc1C. The lowest BCUT2D eigenvalue weighted by atomic mass is 10.1. The zero-order valence-electron chi connectivity index (χ0n) is 14.1. The molecule has 0 heterocycles. The van der Waals surface area contributed by atoms with E-state index in [0.717, 1.165) is 31.2 Å². The summed E-state index contributed by atoms with van der Waals surface area (Å²) < 4.78 is 0. The molecule has 0 unspecified atom stereocenters. The number of carbonyl (C=O) groups excluding carboxylic acids is 3. The molecule has 130 valence electrons. The van der Waals surface area contributed by atoms with Gasteiger partial charge in [-0.25, -0.2) is 4.79 Å². The van der Waals surface area contributed by atoms with Crippen LogP contribution in [0.15, 0.2) is 18.2 Å². The van der Waals surface area contributed by atoms with E-state index in [0.29, 0.717) is 11.3 Å². The highest BCUT2D eigenvalue weighted by Crippen LogP contribution is 2.20. The number of hydrogen-bond acceptors (Lipinski definition) is 3. The first-order valence-corrected chi connectivity index (χ1v) is 8.16. The molecule has 1 aliphatic carbocycles. The van der Waals surface area contributed by atoms with Gasteiger partial charge in [0, 0.05) is 24.3 Å². The fourth-order valence-electron chi connectivity index (χ4n) is 2.70. The lowest BCUT2D eigenvalue weighted by molar-refractivity contribution is -0.119. The van der Waals surface area contributed by atoms with Gasteiger partial charge in [-0.15, -0.1) is 0 Å². The number of amides is 4. The Morgan fingerprint density at radius 2 is 1.88 bits per heavy atom. The molecule has 24 heavy (non-hydrogen) atoms. The quantitative estimate of drug-likeness (QED) is 0.658. The molecule has 2 rings (SSSR count). The van der Waals surface area contributed by atoms with Crippen molar-refractivity contribution in [2.75, 3.05) is 18.9 Å².